The van der Waals surface area contributed by atoms with Crippen LogP contribution >= 0.6 is 11.3 Å². The second-order valence-corrected chi connectivity index (χ2v) is 8.08. The van der Waals surface area contributed by atoms with Gasteiger partial charge in [-0.15, -0.1) is 11.3 Å². The number of amides is 3. The average molecular weight is 384 g/mol. The number of thiazole rings is 1. The molecule has 1 aromatic heterocycles. The number of benzene rings is 1. The molecule has 7 nitrogen and oxygen atoms in total. The summed E-state index contributed by atoms with van der Waals surface area (Å²) in [6.07, 6.45) is 0.859. The van der Waals surface area contributed by atoms with E-state index in [4.69, 9.17) is 0 Å². The molecule has 1 N–H and O–H groups in total. The Morgan fingerprint density at radius 3 is 2.52 bits per heavy atom. The van der Waals surface area contributed by atoms with Gasteiger partial charge in [0.15, 0.2) is 5.13 Å². The zero-order valence-corrected chi connectivity index (χ0v) is 16.0. The molecule has 0 spiro atoms. The minimum Gasteiger partial charge on any atom is -0.300 e. The number of fused-ring (bicyclic) bond motifs is 2. The molecule has 0 aliphatic carbocycles. The van der Waals surface area contributed by atoms with Crippen molar-refractivity contribution in [1.82, 2.24) is 14.8 Å². The van der Waals surface area contributed by atoms with Gasteiger partial charge in [0.2, 0.25) is 5.91 Å². The average Bonchev–Trinajstić information content (AvgIpc) is 3.15. The van der Waals surface area contributed by atoms with Crippen LogP contribution < -0.4 is 5.32 Å². The molecule has 0 saturated heterocycles. The third-order valence-electron chi connectivity index (χ3n) is 4.92. The molecule has 2 aliphatic rings. The van der Waals surface area contributed by atoms with E-state index in [1.807, 2.05) is 0 Å². The molecule has 0 atom stereocenters. The third-order valence-corrected chi connectivity index (χ3v) is 5.92. The number of hydrogen-bond donors (Lipinski definition) is 1. The lowest BCUT2D eigenvalue weighted by Crippen LogP contribution is -2.37. The minimum absolute atomic E-state index is 0.311. The zero-order valence-electron chi connectivity index (χ0n) is 15.2. The molecule has 140 valence electrons. The van der Waals surface area contributed by atoms with Gasteiger partial charge in [0.25, 0.3) is 11.8 Å². The van der Waals surface area contributed by atoms with Crippen molar-refractivity contribution in [2.24, 2.45) is 0 Å². The minimum atomic E-state index is -0.434. The SMILES string of the molecule is CC(C)N1CCc2nc(NC(=O)CN3C(=O)c4ccccc4C3=O)sc2C1. The van der Waals surface area contributed by atoms with Crippen LogP contribution in [0.25, 0.3) is 0 Å². The zero-order chi connectivity index (χ0) is 19.1. The van der Waals surface area contributed by atoms with Gasteiger partial charge in [0, 0.05) is 30.4 Å². The first-order valence-electron chi connectivity index (χ1n) is 8.91. The number of rotatable bonds is 4. The number of carbonyl (C=O) groups excluding carboxylic acids is 3. The maximum atomic E-state index is 12.4. The Bertz CT molecular complexity index is 902. The van der Waals surface area contributed by atoms with Crippen molar-refractivity contribution in [3.63, 3.8) is 0 Å². The normalized spacial score (nSPS) is 16.6. The molecule has 3 heterocycles. The van der Waals surface area contributed by atoms with Gasteiger partial charge in [-0.25, -0.2) is 4.98 Å². The van der Waals surface area contributed by atoms with Crippen LogP contribution in [0.3, 0.4) is 0 Å². The largest absolute Gasteiger partial charge is 0.300 e. The van der Waals surface area contributed by atoms with Gasteiger partial charge in [-0.05, 0) is 26.0 Å². The van der Waals surface area contributed by atoms with Gasteiger partial charge in [-0.2, -0.15) is 0 Å². The molecule has 4 rings (SSSR count). The molecule has 1 aromatic carbocycles. The highest BCUT2D eigenvalue weighted by Crippen LogP contribution is 2.29. The number of aromatic nitrogens is 1. The van der Waals surface area contributed by atoms with Crippen LogP contribution in [0.5, 0.6) is 0 Å². The Labute approximate surface area is 161 Å². The van der Waals surface area contributed by atoms with E-state index in [9.17, 15) is 14.4 Å². The smallest absolute Gasteiger partial charge is 0.262 e. The lowest BCUT2D eigenvalue weighted by molar-refractivity contribution is -0.116. The molecule has 0 radical (unpaired) electrons. The number of imide groups is 1. The maximum Gasteiger partial charge on any atom is 0.262 e. The Morgan fingerprint density at radius 1 is 1.22 bits per heavy atom. The summed E-state index contributed by atoms with van der Waals surface area (Å²) in [5.74, 6) is -1.29. The third kappa shape index (κ3) is 3.26. The molecular formula is C19H20N4O3S. The van der Waals surface area contributed by atoms with Crippen LogP contribution in [0.4, 0.5) is 5.13 Å². The quantitative estimate of drug-likeness (QED) is 0.817. The maximum absolute atomic E-state index is 12.4. The van der Waals surface area contributed by atoms with Crippen molar-refractivity contribution in [1.29, 1.82) is 0 Å². The van der Waals surface area contributed by atoms with Crippen molar-refractivity contribution in [3.8, 4) is 0 Å². The summed E-state index contributed by atoms with van der Waals surface area (Å²) in [6.45, 7) is 5.80. The number of anilines is 1. The van der Waals surface area contributed by atoms with Gasteiger partial charge in [0.05, 0.1) is 16.8 Å². The number of nitrogens with zero attached hydrogens (tertiary/aromatic N) is 3. The van der Waals surface area contributed by atoms with Crippen molar-refractivity contribution in [2.75, 3.05) is 18.4 Å². The lowest BCUT2D eigenvalue weighted by Gasteiger charge is -2.29. The lowest BCUT2D eigenvalue weighted by atomic mass is 10.1. The number of hydrogen-bond acceptors (Lipinski definition) is 6. The first kappa shape index (κ1) is 17.8. The van der Waals surface area contributed by atoms with Crippen LogP contribution in [-0.4, -0.2) is 51.6 Å². The van der Waals surface area contributed by atoms with Crippen LogP contribution in [-0.2, 0) is 17.8 Å². The fraction of sp³-hybridized carbons (Fsp3) is 0.368. The molecule has 0 saturated carbocycles. The monoisotopic (exact) mass is 384 g/mol. The standard InChI is InChI=1S/C19H20N4O3S/c1-11(2)22-8-7-14-15(9-22)27-19(20-14)21-16(24)10-23-17(25)12-5-3-4-6-13(12)18(23)26/h3-6,11H,7-10H2,1-2H3,(H,20,21,24). The summed E-state index contributed by atoms with van der Waals surface area (Å²) in [4.78, 5) is 46.1. The second-order valence-electron chi connectivity index (χ2n) is 6.99. The van der Waals surface area contributed by atoms with E-state index in [0.717, 1.165) is 35.0 Å². The fourth-order valence-corrected chi connectivity index (χ4v) is 4.44. The van der Waals surface area contributed by atoms with E-state index >= 15 is 0 Å². The molecule has 3 amide bonds. The summed E-state index contributed by atoms with van der Waals surface area (Å²) in [6, 6.07) is 7.07. The predicted octanol–water partition coefficient (Wildman–Crippen LogP) is 2.14. The fourth-order valence-electron chi connectivity index (χ4n) is 3.39. The van der Waals surface area contributed by atoms with Crippen molar-refractivity contribution in [2.45, 2.75) is 32.9 Å². The van der Waals surface area contributed by atoms with Gasteiger partial charge < -0.3 is 5.32 Å². The highest BCUT2D eigenvalue weighted by atomic mass is 32.1. The summed E-state index contributed by atoms with van der Waals surface area (Å²) < 4.78 is 0. The Balaban J connectivity index is 1.43. The van der Waals surface area contributed by atoms with Crippen LogP contribution in [0.1, 0.15) is 45.1 Å². The highest BCUT2D eigenvalue weighted by Gasteiger charge is 2.36. The molecule has 0 bridgehead atoms. The molecule has 0 unspecified atom stereocenters. The molecule has 27 heavy (non-hydrogen) atoms. The van der Waals surface area contributed by atoms with E-state index in [-0.39, 0.29) is 6.54 Å². The Morgan fingerprint density at radius 2 is 1.89 bits per heavy atom. The molecular weight excluding hydrogens is 364 g/mol. The summed E-state index contributed by atoms with van der Waals surface area (Å²) >= 11 is 1.46. The number of nitrogens with one attached hydrogen (secondary N) is 1. The molecule has 2 aliphatic heterocycles. The van der Waals surface area contributed by atoms with E-state index in [1.54, 1.807) is 24.3 Å². The van der Waals surface area contributed by atoms with Crippen molar-refractivity contribution < 1.29 is 14.4 Å². The predicted molar refractivity (Wildman–Crippen MR) is 102 cm³/mol. The first-order chi connectivity index (χ1) is 12.9. The Hall–Kier alpha value is -2.58. The number of carbonyl (C=O) groups is 3. The van der Waals surface area contributed by atoms with Gasteiger partial charge in [0.1, 0.15) is 6.54 Å². The van der Waals surface area contributed by atoms with E-state index < -0.39 is 17.7 Å². The summed E-state index contributed by atoms with van der Waals surface area (Å²) in [7, 11) is 0. The summed E-state index contributed by atoms with van der Waals surface area (Å²) in [5, 5.41) is 3.26. The Kier molecular flexibility index (Phi) is 4.53. The van der Waals surface area contributed by atoms with Gasteiger partial charge >= 0.3 is 0 Å². The second kappa shape index (κ2) is 6.86. The van der Waals surface area contributed by atoms with E-state index in [0.29, 0.717) is 22.3 Å². The van der Waals surface area contributed by atoms with Crippen LogP contribution in [0.15, 0.2) is 24.3 Å². The van der Waals surface area contributed by atoms with Gasteiger partial charge in [-0.1, -0.05) is 12.1 Å². The molecule has 2 aromatic rings. The topological polar surface area (TPSA) is 82.6 Å². The molecule has 8 heteroatoms. The van der Waals surface area contributed by atoms with Crippen LogP contribution in [0.2, 0.25) is 0 Å². The summed E-state index contributed by atoms with van der Waals surface area (Å²) in [5.41, 5.74) is 1.70. The van der Waals surface area contributed by atoms with E-state index in [1.165, 1.54) is 11.3 Å². The molecule has 0 fully saturated rings. The van der Waals surface area contributed by atoms with Crippen molar-refractivity contribution in [3.05, 3.63) is 46.0 Å². The first-order valence-corrected chi connectivity index (χ1v) is 9.73. The van der Waals surface area contributed by atoms with Crippen molar-refractivity contribution >= 4 is 34.2 Å². The van der Waals surface area contributed by atoms with E-state index in [2.05, 4.69) is 29.0 Å². The van der Waals surface area contributed by atoms with Crippen LogP contribution in [0, 0.1) is 0 Å². The highest BCUT2D eigenvalue weighted by molar-refractivity contribution is 7.15. The van der Waals surface area contributed by atoms with Gasteiger partial charge in [-0.3, -0.25) is 24.2 Å².